The average Bonchev–Trinajstić information content (AvgIpc) is 2.92. The van der Waals surface area contributed by atoms with Crippen molar-refractivity contribution in [3.63, 3.8) is 0 Å². The van der Waals surface area contributed by atoms with Gasteiger partial charge in [-0.3, -0.25) is 4.79 Å². The van der Waals surface area contributed by atoms with Gasteiger partial charge in [0.1, 0.15) is 0 Å². The summed E-state index contributed by atoms with van der Waals surface area (Å²) in [5.41, 5.74) is 2.12. The molecule has 0 fully saturated rings. The molecule has 2 heterocycles. The Morgan fingerprint density at radius 2 is 2.15 bits per heavy atom. The largest absolute Gasteiger partial charge is 0.315 e. The van der Waals surface area contributed by atoms with Crippen molar-refractivity contribution in [3.8, 4) is 0 Å². The number of aryl methyl sites for hydroxylation is 1. The Kier molecular flexibility index (Phi) is 4.46. The SMILES string of the molecule is Cc1nc(C(C)(C)C)sc1C(C)NCc1csc(=O)[nH]1. The quantitative estimate of drug-likeness (QED) is 0.910. The lowest BCUT2D eigenvalue weighted by molar-refractivity contribution is 0.572. The molecule has 4 nitrogen and oxygen atoms in total. The normalized spacial score (nSPS) is 13.7. The minimum Gasteiger partial charge on any atom is -0.315 e. The molecule has 1 unspecified atom stereocenters. The number of H-pyrrole nitrogens is 1. The Morgan fingerprint density at radius 3 is 2.65 bits per heavy atom. The van der Waals surface area contributed by atoms with Crippen LogP contribution in [0.2, 0.25) is 0 Å². The first-order valence-electron chi connectivity index (χ1n) is 6.65. The van der Waals surface area contributed by atoms with E-state index in [0.29, 0.717) is 6.54 Å². The molecule has 0 bridgehead atoms. The van der Waals surface area contributed by atoms with Crippen LogP contribution in [-0.4, -0.2) is 9.97 Å². The van der Waals surface area contributed by atoms with Crippen LogP contribution in [0.3, 0.4) is 0 Å². The van der Waals surface area contributed by atoms with Crippen LogP contribution in [0.5, 0.6) is 0 Å². The highest BCUT2D eigenvalue weighted by molar-refractivity contribution is 7.12. The smallest absolute Gasteiger partial charge is 0.304 e. The number of nitrogens with zero attached hydrogens (tertiary/aromatic N) is 1. The highest BCUT2D eigenvalue weighted by Gasteiger charge is 2.22. The number of aromatic amines is 1. The second kappa shape index (κ2) is 5.79. The minimum atomic E-state index is -0.00144. The van der Waals surface area contributed by atoms with E-state index >= 15 is 0 Å². The lowest BCUT2D eigenvalue weighted by Crippen LogP contribution is -2.18. The molecule has 2 rings (SSSR count). The number of thiazole rings is 2. The first-order chi connectivity index (χ1) is 9.27. The second-order valence-electron chi connectivity index (χ2n) is 5.99. The molecule has 0 aliphatic carbocycles. The van der Waals surface area contributed by atoms with Gasteiger partial charge in [-0.05, 0) is 13.8 Å². The zero-order chi connectivity index (χ0) is 14.9. The predicted octanol–water partition coefficient (Wildman–Crippen LogP) is 3.35. The molecule has 0 saturated carbocycles. The fourth-order valence-electron chi connectivity index (χ4n) is 1.89. The Labute approximate surface area is 127 Å². The van der Waals surface area contributed by atoms with Gasteiger partial charge in [0.2, 0.25) is 0 Å². The van der Waals surface area contributed by atoms with Crippen molar-refractivity contribution >= 4 is 22.7 Å². The Bertz CT molecular complexity index is 633. The van der Waals surface area contributed by atoms with Gasteiger partial charge in [0, 0.05) is 34.0 Å². The van der Waals surface area contributed by atoms with E-state index in [1.54, 1.807) is 11.3 Å². The monoisotopic (exact) mass is 311 g/mol. The summed E-state index contributed by atoms with van der Waals surface area (Å²) in [6.45, 7) is 11.4. The van der Waals surface area contributed by atoms with E-state index in [2.05, 4.69) is 49.9 Å². The molecule has 0 aromatic carbocycles. The third-order valence-corrected chi connectivity index (χ3v) is 5.52. The van der Waals surface area contributed by atoms with Crippen molar-refractivity contribution in [2.24, 2.45) is 0 Å². The number of rotatable bonds is 4. The second-order valence-corrected chi connectivity index (χ2v) is 7.87. The number of hydrogen-bond donors (Lipinski definition) is 2. The van der Waals surface area contributed by atoms with Crippen molar-refractivity contribution < 1.29 is 0 Å². The van der Waals surface area contributed by atoms with Crippen LogP contribution >= 0.6 is 22.7 Å². The third-order valence-electron chi connectivity index (χ3n) is 3.04. The van der Waals surface area contributed by atoms with E-state index in [0.717, 1.165) is 11.4 Å². The van der Waals surface area contributed by atoms with E-state index in [4.69, 9.17) is 0 Å². The van der Waals surface area contributed by atoms with Crippen molar-refractivity contribution in [1.29, 1.82) is 0 Å². The van der Waals surface area contributed by atoms with E-state index < -0.39 is 0 Å². The lowest BCUT2D eigenvalue weighted by Gasteiger charge is -2.14. The van der Waals surface area contributed by atoms with Crippen molar-refractivity contribution in [3.05, 3.63) is 36.3 Å². The van der Waals surface area contributed by atoms with Crippen LogP contribution < -0.4 is 10.2 Å². The summed E-state index contributed by atoms with van der Waals surface area (Å²) in [6.07, 6.45) is 0. The zero-order valence-corrected chi connectivity index (χ0v) is 14.2. The van der Waals surface area contributed by atoms with E-state index in [-0.39, 0.29) is 16.3 Å². The highest BCUT2D eigenvalue weighted by Crippen LogP contribution is 2.32. The van der Waals surface area contributed by atoms with Gasteiger partial charge in [0.05, 0.1) is 10.7 Å². The summed E-state index contributed by atoms with van der Waals surface area (Å²) in [4.78, 5) is 19.9. The average molecular weight is 311 g/mol. The van der Waals surface area contributed by atoms with Gasteiger partial charge in [0.25, 0.3) is 0 Å². The van der Waals surface area contributed by atoms with Crippen LogP contribution in [0.1, 0.15) is 55.0 Å². The van der Waals surface area contributed by atoms with Gasteiger partial charge in [-0.2, -0.15) is 0 Å². The van der Waals surface area contributed by atoms with Crippen molar-refractivity contribution in [2.45, 2.75) is 52.6 Å². The third kappa shape index (κ3) is 3.56. The van der Waals surface area contributed by atoms with Crippen LogP contribution in [0.15, 0.2) is 10.2 Å². The summed E-state index contributed by atoms with van der Waals surface area (Å²) in [5, 5.41) is 6.47. The molecule has 110 valence electrons. The maximum atomic E-state index is 11.1. The van der Waals surface area contributed by atoms with Gasteiger partial charge in [-0.15, -0.1) is 11.3 Å². The molecule has 2 aromatic rings. The highest BCUT2D eigenvalue weighted by atomic mass is 32.1. The van der Waals surface area contributed by atoms with Gasteiger partial charge in [0.15, 0.2) is 0 Å². The number of nitrogens with one attached hydrogen (secondary N) is 2. The minimum absolute atomic E-state index is 0.00144. The van der Waals surface area contributed by atoms with Gasteiger partial charge < -0.3 is 10.3 Å². The van der Waals surface area contributed by atoms with Crippen LogP contribution in [0, 0.1) is 6.92 Å². The van der Waals surface area contributed by atoms with E-state index in [1.165, 1.54) is 21.2 Å². The fourth-order valence-corrected chi connectivity index (χ4v) is 3.62. The fraction of sp³-hybridized carbons (Fsp3) is 0.571. The zero-order valence-electron chi connectivity index (χ0n) is 12.5. The molecule has 0 aliphatic heterocycles. The van der Waals surface area contributed by atoms with Crippen LogP contribution in [-0.2, 0) is 12.0 Å². The van der Waals surface area contributed by atoms with Crippen molar-refractivity contribution in [2.75, 3.05) is 0 Å². The summed E-state index contributed by atoms with van der Waals surface area (Å²) in [7, 11) is 0. The molecule has 6 heteroatoms. The van der Waals surface area contributed by atoms with E-state index in [9.17, 15) is 4.79 Å². The summed E-state index contributed by atoms with van der Waals surface area (Å²) >= 11 is 2.97. The maximum Gasteiger partial charge on any atom is 0.304 e. The maximum absolute atomic E-state index is 11.1. The molecule has 0 saturated heterocycles. The Balaban J connectivity index is 2.07. The van der Waals surface area contributed by atoms with E-state index in [1.807, 2.05) is 5.38 Å². The van der Waals surface area contributed by atoms with Crippen molar-refractivity contribution in [1.82, 2.24) is 15.3 Å². The van der Waals surface area contributed by atoms with Gasteiger partial charge in [-0.1, -0.05) is 32.1 Å². The first-order valence-corrected chi connectivity index (χ1v) is 8.35. The standard InChI is InChI=1S/C14H21N3OS2/c1-8(15-6-10-7-19-13(18)17-10)11-9(2)16-12(20-11)14(3,4)5/h7-8,15H,6H2,1-5H3,(H,17,18). The Morgan fingerprint density at radius 1 is 1.45 bits per heavy atom. The molecule has 2 aromatic heterocycles. The molecule has 20 heavy (non-hydrogen) atoms. The lowest BCUT2D eigenvalue weighted by atomic mass is 9.98. The molecule has 0 radical (unpaired) electrons. The number of aromatic nitrogens is 2. The molecule has 0 amide bonds. The van der Waals surface area contributed by atoms with Crippen LogP contribution in [0.25, 0.3) is 0 Å². The topological polar surface area (TPSA) is 57.8 Å². The summed E-state index contributed by atoms with van der Waals surface area (Å²) in [6, 6.07) is 0.229. The summed E-state index contributed by atoms with van der Waals surface area (Å²) < 4.78 is 0. The van der Waals surface area contributed by atoms with Gasteiger partial charge in [-0.25, -0.2) is 4.98 Å². The molecule has 0 aliphatic rings. The molecular weight excluding hydrogens is 290 g/mol. The first kappa shape index (κ1) is 15.4. The molecule has 1 atom stereocenters. The molecule has 2 N–H and O–H groups in total. The summed E-state index contributed by atoms with van der Waals surface area (Å²) in [5.74, 6) is 0. The number of hydrogen-bond acceptors (Lipinski definition) is 5. The van der Waals surface area contributed by atoms with Gasteiger partial charge >= 0.3 is 4.87 Å². The molecule has 0 spiro atoms. The predicted molar refractivity (Wildman–Crippen MR) is 85.7 cm³/mol. The Hall–Kier alpha value is -0.980. The molecular formula is C14H21N3OS2. The van der Waals surface area contributed by atoms with Crippen LogP contribution in [0.4, 0.5) is 0 Å².